The van der Waals surface area contributed by atoms with Gasteiger partial charge in [0.05, 0.1) is 4.90 Å². The molecule has 0 aliphatic carbocycles. The highest BCUT2D eigenvalue weighted by atomic mass is 32.1. The van der Waals surface area contributed by atoms with Crippen molar-refractivity contribution in [1.29, 1.82) is 0 Å². The third-order valence-corrected chi connectivity index (χ3v) is 3.38. The second-order valence-electron chi connectivity index (χ2n) is 4.01. The average molecular weight is 242 g/mol. The molecule has 0 amide bonds. The predicted molar refractivity (Wildman–Crippen MR) is 72.0 cm³/mol. The summed E-state index contributed by atoms with van der Waals surface area (Å²) >= 11 is 4.25. The maximum absolute atomic E-state index is 9.65. The summed E-state index contributed by atoms with van der Waals surface area (Å²) in [5, 5.41) is 23.1. The summed E-state index contributed by atoms with van der Waals surface area (Å²) in [6, 6.07) is 13.4. The summed E-state index contributed by atoms with van der Waals surface area (Å²) in [4.78, 5) is 0.408. The Morgan fingerprint density at radius 3 is 2.18 bits per heavy atom. The van der Waals surface area contributed by atoms with Crippen molar-refractivity contribution in [3.63, 3.8) is 0 Å². The smallest absolute Gasteiger partial charge is 0.171 e. The lowest BCUT2D eigenvalue weighted by atomic mass is 10.0. The van der Waals surface area contributed by atoms with Crippen molar-refractivity contribution in [3.05, 3.63) is 42.5 Å². The lowest BCUT2D eigenvalue weighted by Gasteiger charge is -2.08. The molecule has 2 N–H and O–H groups in total. The van der Waals surface area contributed by atoms with Crippen LogP contribution in [-0.4, -0.2) is 10.2 Å². The van der Waals surface area contributed by atoms with E-state index in [1.165, 1.54) is 0 Å². The number of phenolic OH excluding ortho intramolecular Hbond substituents is 2. The van der Waals surface area contributed by atoms with Crippen LogP contribution in [0.2, 0.25) is 0 Å². The van der Waals surface area contributed by atoms with Gasteiger partial charge in [-0.2, -0.15) is 0 Å². The Morgan fingerprint density at radius 2 is 1.47 bits per heavy atom. The molecule has 17 heavy (non-hydrogen) atoms. The van der Waals surface area contributed by atoms with E-state index >= 15 is 0 Å². The summed E-state index contributed by atoms with van der Waals surface area (Å²) in [6.07, 6.45) is 0. The van der Waals surface area contributed by atoms with Crippen LogP contribution in [-0.2, 0) is 0 Å². The molecule has 3 aromatic rings. The molecule has 0 aliphatic rings. The highest BCUT2D eigenvalue weighted by Crippen LogP contribution is 2.39. The van der Waals surface area contributed by atoms with E-state index in [0.29, 0.717) is 4.90 Å². The van der Waals surface area contributed by atoms with Gasteiger partial charge in [0, 0.05) is 0 Å². The first-order valence-corrected chi connectivity index (χ1v) is 5.68. The van der Waals surface area contributed by atoms with E-state index in [-0.39, 0.29) is 11.5 Å². The third kappa shape index (κ3) is 1.51. The zero-order valence-electron chi connectivity index (χ0n) is 8.88. The molecule has 3 heteroatoms. The maximum Gasteiger partial charge on any atom is 0.171 e. The van der Waals surface area contributed by atoms with Crippen LogP contribution in [0.15, 0.2) is 47.4 Å². The largest absolute Gasteiger partial charge is 0.504 e. The van der Waals surface area contributed by atoms with Crippen molar-refractivity contribution < 1.29 is 10.2 Å². The fraction of sp³-hybridized carbons (Fsp3) is 0. The first-order valence-electron chi connectivity index (χ1n) is 5.23. The monoisotopic (exact) mass is 242 g/mol. The summed E-state index contributed by atoms with van der Waals surface area (Å²) in [7, 11) is 0. The lowest BCUT2D eigenvalue weighted by Crippen LogP contribution is -1.80. The number of rotatable bonds is 0. The highest BCUT2D eigenvalue weighted by molar-refractivity contribution is 7.80. The first-order chi connectivity index (χ1) is 8.16. The summed E-state index contributed by atoms with van der Waals surface area (Å²) in [6.45, 7) is 0. The van der Waals surface area contributed by atoms with Gasteiger partial charge in [0.2, 0.25) is 0 Å². The minimum absolute atomic E-state index is 0.141. The van der Waals surface area contributed by atoms with Crippen molar-refractivity contribution in [2.45, 2.75) is 4.90 Å². The summed E-state index contributed by atoms with van der Waals surface area (Å²) < 4.78 is 0. The molecule has 0 saturated heterocycles. The van der Waals surface area contributed by atoms with E-state index in [4.69, 9.17) is 0 Å². The number of benzene rings is 3. The molecule has 0 aromatic heterocycles. The topological polar surface area (TPSA) is 40.5 Å². The molecule has 0 aliphatic heterocycles. The van der Waals surface area contributed by atoms with Gasteiger partial charge in [-0.15, -0.1) is 12.6 Å². The Kier molecular flexibility index (Phi) is 2.16. The van der Waals surface area contributed by atoms with Gasteiger partial charge in [0.1, 0.15) is 0 Å². The van der Waals surface area contributed by atoms with E-state index in [0.717, 1.165) is 21.5 Å². The van der Waals surface area contributed by atoms with Crippen LogP contribution in [0, 0.1) is 0 Å². The molecular weight excluding hydrogens is 232 g/mol. The fourth-order valence-electron chi connectivity index (χ4n) is 2.05. The van der Waals surface area contributed by atoms with Crippen LogP contribution in [0.4, 0.5) is 0 Å². The molecule has 0 atom stereocenters. The first kappa shape index (κ1) is 10.3. The number of hydrogen-bond donors (Lipinski definition) is 3. The van der Waals surface area contributed by atoms with E-state index < -0.39 is 0 Å². The Balaban J connectivity index is 2.52. The van der Waals surface area contributed by atoms with Crippen LogP contribution in [0.3, 0.4) is 0 Å². The van der Waals surface area contributed by atoms with Crippen LogP contribution < -0.4 is 0 Å². The standard InChI is InChI=1S/C14H10O2S/c15-12-7-10-5-8-3-1-2-4-9(8)6-11(10)14(17)13(12)16/h1-7,15-17H. The molecular formula is C14H10O2S. The molecule has 3 aromatic carbocycles. The van der Waals surface area contributed by atoms with E-state index in [1.54, 1.807) is 6.07 Å². The number of hydrogen-bond acceptors (Lipinski definition) is 3. The van der Waals surface area contributed by atoms with Gasteiger partial charge >= 0.3 is 0 Å². The Bertz CT molecular complexity index is 735. The third-order valence-electron chi connectivity index (χ3n) is 2.93. The second kappa shape index (κ2) is 3.57. The molecule has 0 bridgehead atoms. The minimum Gasteiger partial charge on any atom is -0.504 e. The molecule has 0 unspecified atom stereocenters. The highest BCUT2D eigenvalue weighted by Gasteiger charge is 2.09. The van der Waals surface area contributed by atoms with Crippen molar-refractivity contribution >= 4 is 34.2 Å². The van der Waals surface area contributed by atoms with Gasteiger partial charge in [0.15, 0.2) is 11.5 Å². The Morgan fingerprint density at radius 1 is 0.824 bits per heavy atom. The molecule has 0 heterocycles. The molecule has 0 spiro atoms. The van der Waals surface area contributed by atoms with Crippen molar-refractivity contribution in [2.24, 2.45) is 0 Å². The molecule has 0 saturated carbocycles. The van der Waals surface area contributed by atoms with Crippen LogP contribution in [0.5, 0.6) is 11.5 Å². The zero-order valence-corrected chi connectivity index (χ0v) is 9.78. The van der Waals surface area contributed by atoms with Gasteiger partial charge in [-0.1, -0.05) is 24.3 Å². The quantitative estimate of drug-likeness (QED) is 0.319. The van der Waals surface area contributed by atoms with Crippen LogP contribution in [0.25, 0.3) is 21.5 Å². The number of fused-ring (bicyclic) bond motifs is 2. The van der Waals surface area contributed by atoms with Gasteiger partial charge in [-0.25, -0.2) is 0 Å². The van der Waals surface area contributed by atoms with E-state index in [1.807, 2.05) is 36.4 Å². The fourth-order valence-corrected chi connectivity index (χ4v) is 2.36. The molecule has 3 rings (SSSR count). The average Bonchev–Trinajstić information content (AvgIpc) is 2.34. The number of phenols is 2. The van der Waals surface area contributed by atoms with E-state index in [9.17, 15) is 10.2 Å². The van der Waals surface area contributed by atoms with E-state index in [2.05, 4.69) is 12.6 Å². The molecule has 0 radical (unpaired) electrons. The lowest BCUT2D eigenvalue weighted by molar-refractivity contribution is 0.397. The summed E-state index contributed by atoms with van der Waals surface area (Å²) in [5.74, 6) is -0.311. The number of aromatic hydroxyl groups is 2. The van der Waals surface area contributed by atoms with Crippen LogP contribution >= 0.6 is 12.6 Å². The van der Waals surface area contributed by atoms with Crippen molar-refractivity contribution in [3.8, 4) is 11.5 Å². The summed E-state index contributed by atoms with van der Waals surface area (Å²) in [5.41, 5.74) is 0. The maximum atomic E-state index is 9.65. The zero-order chi connectivity index (χ0) is 12.0. The molecule has 84 valence electrons. The Hall–Kier alpha value is -1.87. The van der Waals surface area contributed by atoms with Gasteiger partial charge < -0.3 is 10.2 Å². The molecule has 0 fully saturated rings. The van der Waals surface area contributed by atoms with Gasteiger partial charge in [0.25, 0.3) is 0 Å². The van der Waals surface area contributed by atoms with Crippen molar-refractivity contribution in [1.82, 2.24) is 0 Å². The Labute approximate surface area is 104 Å². The minimum atomic E-state index is -0.170. The SMILES string of the molecule is Oc1cc2cc3ccccc3cc2c(S)c1O. The predicted octanol–water partition coefficient (Wildman–Crippen LogP) is 3.69. The van der Waals surface area contributed by atoms with Crippen LogP contribution in [0.1, 0.15) is 0 Å². The normalized spacial score (nSPS) is 11.1. The second-order valence-corrected chi connectivity index (χ2v) is 4.46. The van der Waals surface area contributed by atoms with Crippen molar-refractivity contribution in [2.75, 3.05) is 0 Å². The van der Waals surface area contributed by atoms with Gasteiger partial charge in [-0.05, 0) is 39.7 Å². The molecule has 2 nitrogen and oxygen atoms in total. The number of thiol groups is 1. The van der Waals surface area contributed by atoms with Gasteiger partial charge in [-0.3, -0.25) is 0 Å².